The van der Waals surface area contributed by atoms with Crippen molar-refractivity contribution in [3.8, 4) is 0 Å². The summed E-state index contributed by atoms with van der Waals surface area (Å²) >= 11 is 0. The third-order valence-electron chi connectivity index (χ3n) is 5.55. The van der Waals surface area contributed by atoms with E-state index in [1.54, 1.807) is 6.21 Å². The highest BCUT2D eigenvalue weighted by molar-refractivity contribution is 5.85. The number of rotatable bonds is 4. The second-order valence-corrected chi connectivity index (χ2v) is 7.73. The topological polar surface area (TPSA) is 83.2 Å². The van der Waals surface area contributed by atoms with Gasteiger partial charge in [-0.1, -0.05) is 6.07 Å². The molecule has 3 heterocycles. The van der Waals surface area contributed by atoms with Gasteiger partial charge in [0.2, 0.25) is 0 Å². The van der Waals surface area contributed by atoms with Crippen molar-refractivity contribution in [3.63, 3.8) is 0 Å². The summed E-state index contributed by atoms with van der Waals surface area (Å²) in [6.45, 7) is 2.11. The van der Waals surface area contributed by atoms with Gasteiger partial charge < -0.3 is 20.2 Å². The van der Waals surface area contributed by atoms with Crippen LogP contribution >= 0.6 is 0 Å². The molecule has 1 unspecified atom stereocenters. The lowest BCUT2D eigenvalue weighted by Crippen LogP contribution is -2.55. The van der Waals surface area contributed by atoms with E-state index in [1.165, 1.54) is 22.0 Å². The van der Waals surface area contributed by atoms with Crippen molar-refractivity contribution in [2.24, 2.45) is 17.8 Å². The lowest BCUT2D eigenvalue weighted by Gasteiger charge is -2.31. The van der Waals surface area contributed by atoms with E-state index in [0.29, 0.717) is 6.42 Å². The molecule has 1 aliphatic heterocycles. The molecule has 0 fully saturated rings. The Bertz CT molecular complexity index is 1280. The molecule has 5 N–H and O–H groups in total. The Morgan fingerprint density at radius 2 is 2.00 bits per heavy atom. The molecular weight excluding hydrogens is 360 g/mol. The van der Waals surface area contributed by atoms with E-state index in [0.717, 1.165) is 22.6 Å². The van der Waals surface area contributed by atoms with Crippen molar-refractivity contribution < 1.29 is 0 Å². The Labute approximate surface area is 169 Å². The molecule has 1 atom stereocenters. The van der Waals surface area contributed by atoms with E-state index in [-0.39, 0.29) is 0 Å². The number of aryl methyl sites for hydroxylation is 2. The largest absolute Gasteiger partial charge is 0.361 e. The Balaban J connectivity index is 1.34. The summed E-state index contributed by atoms with van der Waals surface area (Å²) < 4.78 is 2.19. The van der Waals surface area contributed by atoms with E-state index in [4.69, 9.17) is 5.73 Å². The lowest BCUT2D eigenvalue weighted by atomic mass is 10.0. The summed E-state index contributed by atoms with van der Waals surface area (Å²) in [5.41, 5.74) is 12.3. The van der Waals surface area contributed by atoms with E-state index in [1.807, 2.05) is 12.3 Å². The van der Waals surface area contributed by atoms with Gasteiger partial charge in [0, 0.05) is 53.7 Å². The monoisotopic (exact) mass is 384 g/mol. The number of nitrogens with one attached hydrogen (secondary N) is 3. The van der Waals surface area contributed by atoms with Crippen molar-refractivity contribution in [1.82, 2.24) is 14.9 Å². The number of H-pyrrole nitrogens is 1. The Morgan fingerprint density at radius 3 is 2.90 bits per heavy atom. The van der Waals surface area contributed by atoms with Gasteiger partial charge in [0.1, 0.15) is 5.82 Å². The number of allylic oxidation sites excluding steroid dienone is 1. The van der Waals surface area contributed by atoms with Crippen LogP contribution in [0, 0.1) is 6.92 Å². The molecule has 0 spiro atoms. The molecule has 0 amide bonds. The van der Waals surface area contributed by atoms with Gasteiger partial charge in [0.05, 0.1) is 0 Å². The predicted molar refractivity (Wildman–Crippen MR) is 120 cm³/mol. The van der Waals surface area contributed by atoms with Crippen molar-refractivity contribution in [3.05, 3.63) is 77.9 Å². The summed E-state index contributed by atoms with van der Waals surface area (Å²) in [4.78, 5) is 7.71. The molecule has 1 aliphatic rings. The first-order valence-electron chi connectivity index (χ1n) is 9.71. The fourth-order valence-electron chi connectivity index (χ4n) is 3.96. The minimum absolute atomic E-state index is 0.584. The summed E-state index contributed by atoms with van der Waals surface area (Å²) in [6, 6.07) is 16.9. The lowest BCUT2D eigenvalue weighted by molar-refractivity contribution is 0.381. The average molecular weight is 384 g/mol. The predicted octanol–water partition coefficient (Wildman–Crippen LogP) is 3.75. The van der Waals surface area contributed by atoms with E-state index in [9.17, 15) is 0 Å². The molecule has 0 saturated carbocycles. The molecule has 0 saturated heterocycles. The van der Waals surface area contributed by atoms with Crippen molar-refractivity contribution in [2.75, 3.05) is 5.32 Å². The van der Waals surface area contributed by atoms with Crippen LogP contribution in [0.15, 0.2) is 71.6 Å². The maximum Gasteiger partial charge on any atom is 0.187 e. The number of nitrogens with zero attached hydrogens (tertiary/aromatic N) is 2. The third kappa shape index (κ3) is 3.28. The van der Waals surface area contributed by atoms with Gasteiger partial charge in [0.15, 0.2) is 5.79 Å². The molecule has 2 aromatic carbocycles. The molecule has 0 bridgehead atoms. The fraction of sp³-hybridized carbons (Fsp3) is 0.174. The summed E-state index contributed by atoms with van der Waals surface area (Å²) in [5.74, 6) is -0.0636. The summed E-state index contributed by atoms with van der Waals surface area (Å²) in [5, 5.41) is 9.16. The number of hydrogen-bond donors (Lipinski definition) is 4. The van der Waals surface area contributed by atoms with Crippen LogP contribution in [0.2, 0.25) is 0 Å². The molecule has 29 heavy (non-hydrogen) atoms. The summed E-state index contributed by atoms with van der Waals surface area (Å²) in [7, 11) is 2.08. The van der Waals surface area contributed by atoms with Gasteiger partial charge in [-0.2, -0.15) is 0 Å². The Hall–Kier alpha value is -3.51. The van der Waals surface area contributed by atoms with Crippen LogP contribution in [0.5, 0.6) is 0 Å². The zero-order chi connectivity index (χ0) is 20.0. The molecule has 5 rings (SSSR count). The van der Waals surface area contributed by atoms with Crippen molar-refractivity contribution >= 4 is 33.7 Å². The number of anilines is 1. The second-order valence-electron chi connectivity index (χ2n) is 7.73. The van der Waals surface area contributed by atoms with Crippen LogP contribution < -0.4 is 16.4 Å². The van der Waals surface area contributed by atoms with Gasteiger partial charge in [0.25, 0.3) is 0 Å². The molecule has 146 valence electrons. The van der Waals surface area contributed by atoms with Crippen LogP contribution in [0.25, 0.3) is 21.8 Å². The smallest absolute Gasteiger partial charge is 0.187 e. The highest BCUT2D eigenvalue weighted by Crippen LogP contribution is 2.24. The number of aromatic nitrogens is 2. The zero-order valence-corrected chi connectivity index (χ0v) is 16.5. The third-order valence-corrected chi connectivity index (χ3v) is 5.55. The first kappa shape index (κ1) is 17.6. The summed E-state index contributed by atoms with van der Waals surface area (Å²) in [6.07, 6.45) is 6.19. The number of hydrogen-bond acceptors (Lipinski definition) is 4. The number of benzene rings is 2. The average Bonchev–Trinajstić information content (AvgIpc) is 3.25. The Kier molecular flexibility index (Phi) is 3.96. The normalized spacial score (nSPS) is 18.8. The van der Waals surface area contributed by atoms with E-state index >= 15 is 0 Å². The van der Waals surface area contributed by atoms with Crippen LogP contribution in [0.3, 0.4) is 0 Å². The zero-order valence-electron chi connectivity index (χ0n) is 16.5. The van der Waals surface area contributed by atoms with Gasteiger partial charge in [-0.25, -0.2) is 0 Å². The number of fused-ring (bicyclic) bond motifs is 2. The van der Waals surface area contributed by atoms with Crippen LogP contribution in [-0.4, -0.2) is 21.6 Å². The van der Waals surface area contributed by atoms with Gasteiger partial charge in [-0.3, -0.25) is 10.7 Å². The van der Waals surface area contributed by atoms with Crippen molar-refractivity contribution in [1.29, 1.82) is 0 Å². The highest BCUT2D eigenvalue weighted by atomic mass is 15.3. The van der Waals surface area contributed by atoms with E-state index in [2.05, 4.69) is 87.7 Å². The fourth-order valence-corrected chi connectivity index (χ4v) is 3.96. The first-order valence-corrected chi connectivity index (χ1v) is 9.71. The van der Waals surface area contributed by atoms with Gasteiger partial charge in [-0.15, -0.1) is 0 Å². The number of aromatic amines is 1. The molecule has 6 heteroatoms. The first-order chi connectivity index (χ1) is 14.0. The molecule has 0 radical (unpaired) electrons. The quantitative estimate of drug-likeness (QED) is 0.432. The maximum absolute atomic E-state index is 6.57. The van der Waals surface area contributed by atoms with E-state index < -0.39 is 5.79 Å². The second kappa shape index (κ2) is 6.53. The molecule has 6 nitrogen and oxygen atoms in total. The highest BCUT2D eigenvalue weighted by Gasteiger charge is 2.26. The van der Waals surface area contributed by atoms with Crippen molar-refractivity contribution in [2.45, 2.75) is 19.1 Å². The van der Waals surface area contributed by atoms with Crippen LogP contribution in [0.1, 0.15) is 11.3 Å². The molecule has 0 aliphatic carbocycles. The number of nitrogens with two attached hydrogens (primary N) is 1. The van der Waals surface area contributed by atoms with Gasteiger partial charge in [-0.05, 0) is 66.4 Å². The minimum Gasteiger partial charge on any atom is -0.361 e. The standard InChI is InChI=1S/C23H24N6/c1-15-11-18-13-19(4-6-21(18)29(15)2)27-22-8-10-26-23(24,28-22)14-16-3-5-20-17(12-16)7-9-25-20/h3-13,25,27-28H,14,24H2,1-2H3. The Morgan fingerprint density at radius 1 is 1.10 bits per heavy atom. The minimum atomic E-state index is -0.894. The number of aliphatic imine (C=N–C) groups is 1. The molecular formula is C23H24N6. The maximum atomic E-state index is 6.57. The SMILES string of the molecule is Cc1cc2cc(NC3=CC=NC(N)(Cc4ccc5[nH]ccc5c4)N3)ccc2n1C. The van der Waals surface area contributed by atoms with Gasteiger partial charge >= 0.3 is 0 Å². The van der Waals surface area contributed by atoms with Crippen LogP contribution in [-0.2, 0) is 13.5 Å². The van der Waals surface area contributed by atoms with Crippen LogP contribution in [0.4, 0.5) is 5.69 Å². The molecule has 4 aromatic rings. The molecule has 2 aromatic heterocycles.